The third kappa shape index (κ3) is 3.16. The largest absolute Gasteiger partial charge is 0.382 e. The van der Waals surface area contributed by atoms with Crippen LogP contribution in [0.2, 0.25) is 0 Å². The number of likely N-dealkylation sites (tertiary alicyclic amines) is 1. The molecule has 1 saturated heterocycles. The molecule has 2 aliphatic rings. The van der Waals surface area contributed by atoms with E-state index < -0.39 is 12.0 Å². The number of piperidine rings is 1. The molecule has 31 heavy (non-hydrogen) atoms. The summed E-state index contributed by atoms with van der Waals surface area (Å²) in [4.78, 5) is 10.4. The molecule has 6 rings (SSSR count). The second kappa shape index (κ2) is 6.58. The average Bonchev–Trinajstić information content (AvgIpc) is 3.32. The molecule has 0 unspecified atom stereocenters. The summed E-state index contributed by atoms with van der Waals surface area (Å²) in [6.07, 6.45) is 7.52. The molecule has 0 spiro atoms. The van der Waals surface area contributed by atoms with E-state index in [1.54, 1.807) is 27.6 Å². The molecule has 1 atom stereocenters. The van der Waals surface area contributed by atoms with Crippen LogP contribution < -0.4 is 11.1 Å². The van der Waals surface area contributed by atoms with Gasteiger partial charge in [-0.25, -0.2) is 22.8 Å². The fourth-order valence-corrected chi connectivity index (χ4v) is 4.33. The maximum Gasteiger partial charge on any atom is 0.280 e. The predicted molar refractivity (Wildman–Crippen MR) is 111 cm³/mol. The van der Waals surface area contributed by atoms with Gasteiger partial charge in [-0.2, -0.15) is 10.1 Å². The van der Waals surface area contributed by atoms with E-state index in [2.05, 4.69) is 25.5 Å². The summed E-state index contributed by atoms with van der Waals surface area (Å²) in [5.74, 6) is -2.57. The van der Waals surface area contributed by atoms with Crippen molar-refractivity contribution in [1.82, 2.24) is 34.1 Å². The van der Waals surface area contributed by atoms with Crippen LogP contribution >= 0.6 is 0 Å². The molecule has 0 bridgehead atoms. The molecule has 1 saturated carbocycles. The van der Waals surface area contributed by atoms with Gasteiger partial charge in [-0.3, -0.25) is 4.90 Å². The molecule has 160 valence electrons. The van der Waals surface area contributed by atoms with Crippen molar-refractivity contribution >= 4 is 22.9 Å². The lowest BCUT2D eigenvalue weighted by atomic mass is 10.0. The molecule has 1 aliphatic heterocycles. The quantitative estimate of drug-likeness (QED) is 0.517. The molecule has 1 aliphatic carbocycles. The Morgan fingerprint density at radius 3 is 2.74 bits per heavy atom. The zero-order valence-corrected chi connectivity index (χ0v) is 16.6. The van der Waals surface area contributed by atoms with Gasteiger partial charge >= 0.3 is 0 Å². The summed E-state index contributed by atoms with van der Waals surface area (Å²) in [6.45, 7) is 0.412. The van der Waals surface area contributed by atoms with E-state index in [0.29, 0.717) is 30.2 Å². The molecule has 4 aromatic rings. The van der Waals surface area contributed by atoms with Gasteiger partial charge in [0.15, 0.2) is 11.5 Å². The van der Waals surface area contributed by atoms with E-state index in [4.69, 9.17) is 5.73 Å². The zero-order chi connectivity index (χ0) is 21.2. The molecule has 3 N–H and O–H groups in total. The number of halogens is 2. The molecule has 2 fully saturated rings. The minimum Gasteiger partial charge on any atom is -0.382 e. The Labute approximate surface area is 175 Å². The van der Waals surface area contributed by atoms with Gasteiger partial charge in [-0.15, -0.1) is 5.10 Å². The average molecular weight is 425 g/mol. The first-order valence-corrected chi connectivity index (χ1v) is 10.3. The molecule has 5 heterocycles. The number of nitrogen functional groups attached to an aromatic ring is 1. The molecule has 11 heteroatoms. The van der Waals surface area contributed by atoms with Crippen molar-refractivity contribution in [3.05, 3.63) is 36.8 Å². The third-order valence-electron chi connectivity index (χ3n) is 6.06. The zero-order valence-electron chi connectivity index (χ0n) is 16.6. The summed E-state index contributed by atoms with van der Waals surface area (Å²) in [5.41, 5.74) is 8.97. The van der Waals surface area contributed by atoms with E-state index in [-0.39, 0.29) is 18.3 Å². The highest BCUT2D eigenvalue weighted by Gasteiger charge is 2.48. The molecular formula is C20H21F2N9. The van der Waals surface area contributed by atoms with Crippen LogP contribution in [-0.2, 0) is 0 Å². The van der Waals surface area contributed by atoms with Gasteiger partial charge in [0, 0.05) is 36.7 Å². The van der Waals surface area contributed by atoms with Crippen LogP contribution in [0.1, 0.15) is 19.3 Å². The van der Waals surface area contributed by atoms with Crippen molar-refractivity contribution in [3.8, 4) is 11.3 Å². The standard InChI is InChI=1S/C20H21F2N9/c21-20(22)11-29(12-1-2-12)8-6-15(20)25-19-26-18(23)17-13(5-9-31(17)28-19)14-3-4-16-24-7-10-30(16)27-14/h3-5,7,9-10,12,15H,1-2,6,8,11H2,(H3,23,25,26,28)/t15-/m1/s1. The normalized spacial score (nSPS) is 21.7. The van der Waals surface area contributed by atoms with Crippen LogP contribution in [0.3, 0.4) is 0 Å². The molecule has 9 nitrogen and oxygen atoms in total. The van der Waals surface area contributed by atoms with Crippen LogP contribution in [0, 0.1) is 0 Å². The van der Waals surface area contributed by atoms with Crippen LogP contribution in [0.25, 0.3) is 22.4 Å². The monoisotopic (exact) mass is 425 g/mol. The summed E-state index contributed by atoms with van der Waals surface area (Å²) < 4.78 is 32.7. The van der Waals surface area contributed by atoms with Crippen molar-refractivity contribution in [2.24, 2.45) is 0 Å². The highest BCUT2D eigenvalue weighted by atomic mass is 19.3. The summed E-state index contributed by atoms with van der Waals surface area (Å²) >= 11 is 0. The number of nitrogens with zero attached hydrogens (tertiary/aromatic N) is 7. The van der Waals surface area contributed by atoms with E-state index in [9.17, 15) is 8.78 Å². The van der Waals surface area contributed by atoms with Gasteiger partial charge in [0.05, 0.1) is 18.3 Å². The van der Waals surface area contributed by atoms with Crippen LogP contribution in [0.4, 0.5) is 20.5 Å². The van der Waals surface area contributed by atoms with E-state index >= 15 is 0 Å². The van der Waals surface area contributed by atoms with Crippen LogP contribution in [-0.4, -0.2) is 65.2 Å². The van der Waals surface area contributed by atoms with Crippen molar-refractivity contribution in [3.63, 3.8) is 0 Å². The highest BCUT2D eigenvalue weighted by Crippen LogP contribution is 2.36. The number of anilines is 2. The lowest BCUT2D eigenvalue weighted by Gasteiger charge is -2.38. The van der Waals surface area contributed by atoms with E-state index in [1.165, 1.54) is 0 Å². The minimum absolute atomic E-state index is 0.0923. The number of nitrogens with two attached hydrogens (primary N) is 1. The number of fused-ring (bicyclic) bond motifs is 2. The Balaban J connectivity index is 1.30. The molecule has 4 aromatic heterocycles. The number of nitrogens with one attached hydrogen (secondary N) is 1. The van der Waals surface area contributed by atoms with Crippen molar-refractivity contribution in [1.29, 1.82) is 0 Å². The first-order valence-electron chi connectivity index (χ1n) is 10.3. The Kier molecular flexibility index (Phi) is 3.91. The fourth-order valence-electron chi connectivity index (χ4n) is 4.33. The number of hydrogen-bond acceptors (Lipinski definition) is 7. The predicted octanol–water partition coefficient (Wildman–Crippen LogP) is 2.31. The smallest absolute Gasteiger partial charge is 0.280 e. The maximum atomic E-state index is 14.7. The third-order valence-corrected chi connectivity index (χ3v) is 6.06. The summed E-state index contributed by atoms with van der Waals surface area (Å²) in [6, 6.07) is 4.83. The minimum atomic E-state index is -2.86. The van der Waals surface area contributed by atoms with Gasteiger partial charge in [-0.05, 0) is 37.5 Å². The van der Waals surface area contributed by atoms with Crippen molar-refractivity contribution in [2.75, 3.05) is 24.1 Å². The van der Waals surface area contributed by atoms with E-state index in [1.807, 2.05) is 23.1 Å². The molecule has 0 aromatic carbocycles. The van der Waals surface area contributed by atoms with Crippen molar-refractivity contribution < 1.29 is 8.78 Å². The fraction of sp³-hybridized carbons (Fsp3) is 0.400. The van der Waals surface area contributed by atoms with Gasteiger partial charge in [-0.1, -0.05) is 0 Å². The molecular weight excluding hydrogens is 404 g/mol. The van der Waals surface area contributed by atoms with Gasteiger partial charge in [0.1, 0.15) is 5.52 Å². The second-order valence-electron chi connectivity index (χ2n) is 8.24. The Bertz CT molecular complexity index is 1280. The number of aromatic nitrogens is 6. The van der Waals surface area contributed by atoms with Crippen molar-refractivity contribution in [2.45, 2.75) is 37.3 Å². The highest BCUT2D eigenvalue weighted by molar-refractivity contribution is 5.86. The SMILES string of the molecule is Nc1nc(N[C@@H]2CCN(C3CC3)CC2(F)F)nn2ccc(-c3ccc4nccn4n3)c12. The summed E-state index contributed by atoms with van der Waals surface area (Å²) in [7, 11) is 0. The molecule has 0 amide bonds. The molecule has 0 radical (unpaired) electrons. The maximum absolute atomic E-state index is 14.7. The van der Waals surface area contributed by atoms with Crippen LogP contribution in [0.15, 0.2) is 36.8 Å². The number of imidazole rings is 1. The van der Waals surface area contributed by atoms with Gasteiger partial charge < -0.3 is 11.1 Å². The first kappa shape index (κ1) is 18.4. The lowest BCUT2D eigenvalue weighted by Crippen LogP contribution is -2.55. The Morgan fingerprint density at radius 1 is 1.06 bits per heavy atom. The van der Waals surface area contributed by atoms with Crippen LogP contribution in [0.5, 0.6) is 0 Å². The summed E-state index contributed by atoms with van der Waals surface area (Å²) in [5, 5.41) is 11.7. The van der Waals surface area contributed by atoms with Gasteiger partial charge in [0.25, 0.3) is 5.92 Å². The topological polar surface area (TPSA) is 102 Å². The number of alkyl halides is 2. The number of rotatable bonds is 4. The van der Waals surface area contributed by atoms with E-state index in [0.717, 1.165) is 24.1 Å². The Morgan fingerprint density at radius 2 is 1.94 bits per heavy atom. The number of hydrogen-bond donors (Lipinski definition) is 2. The second-order valence-corrected chi connectivity index (χ2v) is 8.24. The lowest BCUT2D eigenvalue weighted by molar-refractivity contribution is -0.0761. The first-order chi connectivity index (χ1) is 15.0. The Hall–Kier alpha value is -3.34. The van der Waals surface area contributed by atoms with Gasteiger partial charge in [0.2, 0.25) is 5.95 Å².